The Kier molecular flexibility index (Phi) is 5.07. The Bertz CT molecular complexity index is 1100. The average molecular weight is 388 g/mol. The Balaban J connectivity index is 1.64. The molecule has 1 aromatic carbocycles. The highest BCUT2D eigenvalue weighted by atomic mass is 16.5. The smallest absolute Gasteiger partial charge is 0.253 e. The fourth-order valence-corrected chi connectivity index (χ4v) is 3.12. The zero-order chi connectivity index (χ0) is 20.2. The van der Waals surface area contributed by atoms with Gasteiger partial charge in [0, 0.05) is 43.6 Å². The summed E-state index contributed by atoms with van der Waals surface area (Å²) >= 11 is 0. The molecule has 1 unspecified atom stereocenters. The number of amides is 1. The Hall–Kier alpha value is -3.94. The summed E-state index contributed by atoms with van der Waals surface area (Å²) in [5, 5.41) is 7.20. The number of aryl methyl sites for hydroxylation is 1. The quantitative estimate of drug-likeness (QED) is 0.548. The number of methoxy groups -OCH3 is 1. The third kappa shape index (κ3) is 3.73. The predicted molar refractivity (Wildman–Crippen MR) is 107 cm³/mol. The maximum Gasteiger partial charge on any atom is 0.253 e. The van der Waals surface area contributed by atoms with E-state index in [1.807, 2.05) is 48.1 Å². The molecule has 29 heavy (non-hydrogen) atoms. The third-order valence-electron chi connectivity index (χ3n) is 4.59. The third-order valence-corrected chi connectivity index (χ3v) is 4.59. The molecule has 146 valence electrons. The van der Waals surface area contributed by atoms with Crippen molar-refractivity contribution in [3.05, 3.63) is 90.4 Å². The van der Waals surface area contributed by atoms with E-state index in [2.05, 4.69) is 20.4 Å². The second kappa shape index (κ2) is 7.97. The van der Waals surface area contributed by atoms with Crippen molar-refractivity contribution in [3.8, 4) is 11.6 Å². The first-order chi connectivity index (χ1) is 14.2. The number of aromatic nitrogens is 5. The fourth-order valence-electron chi connectivity index (χ4n) is 3.12. The van der Waals surface area contributed by atoms with Crippen LogP contribution in [0.4, 0.5) is 0 Å². The Morgan fingerprint density at radius 3 is 2.59 bits per heavy atom. The lowest BCUT2D eigenvalue weighted by Gasteiger charge is -2.21. The van der Waals surface area contributed by atoms with Gasteiger partial charge in [0.15, 0.2) is 5.82 Å². The van der Waals surface area contributed by atoms with E-state index >= 15 is 0 Å². The molecule has 3 heterocycles. The second-order valence-electron chi connectivity index (χ2n) is 6.40. The molecule has 8 nitrogen and oxygen atoms in total. The van der Waals surface area contributed by atoms with Crippen LogP contribution in [-0.4, -0.2) is 37.3 Å². The number of hydrogen-bond acceptors (Lipinski definition) is 5. The number of benzene rings is 1. The van der Waals surface area contributed by atoms with E-state index in [4.69, 9.17) is 4.74 Å². The van der Waals surface area contributed by atoms with Crippen molar-refractivity contribution < 1.29 is 9.53 Å². The lowest BCUT2D eigenvalue weighted by Crippen LogP contribution is -2.31. The van der Waals surface area contributed by atoms with Crippen LogP contribution in [0.25, 0.3) is 5.82 Å². The van der Waals surface area contributed by atoms with Crippen LogP contribution in [0.3, 0.4) is 0 Å². The van der Waals surface area contributed by atoms with E-state index in [-0.39, 0.29) is 5.91 Å². The molecule has 0 saturated heterocycles. The van der Waals surface area contributed by atoms with Crippen molar-refractivity contribution in [2.24, 2.45) is 7.05 Å². The zero-order valence-electron chi connectivity index (χ0n) is 16.1. The lowest BCUT2D eigenvalue weighted by atomic mass is 10.0. The van der Waals surface area contributed by atoms with Crippen LogP contribution >= 0.6 is 0 Å². The first kappa shape index (κ1) is 18.4. The Morgan fingerprint density at radius 1 is 1.07 bits per heavy atom. The fraction of sp³-hybridized carbons (Fsp3) is 0.143. The molecule has 0 aliphatic carbocycles. The predicted octanol–water partition coefficient (Wildman–Crippen LogP) is 2.53. The van der Waals surface area contributed by atoms with Crippen LogP contribution in [0.5, 0.6) is 5.75 Å². The standard InChI is InChI=1S/C21H20N6O2/c1-26-13-11-22-20(26)19(16-6-3-4-7-17(16)29-2)25-21(28)15-8-9-18(23-14-15)27-12-5-10-24-27/h3-14,19H,1-2H3,(H,25,28). The van der Waals surface area contributed by atoms with Crippen molar-refractivity contribution in [3.63, 3.8) is 0 Å². The number of rotatable bonds is 6. The minimum atomic E-state index is -0.482. The number of ether oxygens (including phenoxy) is 1. The molecule has 3 aromatic heterocycles. The van der Waals surface area contributed by atoms with Crippen molar-refractivity contribution in [2.75, 3.05) is 7.11 Å². The van der Waals surface area contributed by atoms with Gasteiger partial charge in [0.2, 0.25) is 0 Å². The highest BCUT2D eigenvalue weighted by Crippen LogP contribution is 2.29. The largest absolute Gasteiger partial charge is 0.496 e. The first-order valence-corrected chi connectivity index (χ1v) is 9.04. The number of hydrogen-bond donors (Lipinski definition) is 1. The van der Waals surface area contributed by atoms with Crippen LogP contribution in [0.15, 0.2) is 73.4 Å². The van der Waals surface area contributed by atoms with Gasteiger partial charge >= 0.3 is 0 Å². The van der Waals surface area contributed by atoms with Crippen molar-refractivity contribution in [2.45, 2.75) is 6.04 Å². The number of nitrogens with zero attached hydrogens (tertiary/aromatic N) is 5. The number of carbonyl (C=O) groups is 1. The summed E-state index contributed by atoms with van der Waals surface area (Å²) in [5.41, 5.74) is 1.26. The summed E-state index contributed by atoms with van der Waals surface area (Å²) in [4.78, 5) is 21.7. The monoisotopic (exact) mass is 388 g/mol. The molecular formula is C21H20N6O2. The normalized spacial score (nSPS) is 11.8. The molecule has 4 rings (SSSR count). The first-order valence-electron chi connectivity index (χ1n) is 9.04. The average Bonchev–Trinajstić information content (AvgIpc) is 3.44. The number of imidazole rings is 1. The van der Waals surface area contributed by atoms with Crippen molar-refractivity contribution in [1.82, 2.24) is 29.6 Å². The highest BCUT2D eigenvalue weighted by Gasteiger charge is 2.24. The van der Waals surface area contributed by atoms with Gasteiger partial charge in [-0.15, -0.1) is 0 Å². The molecule has 8 heteroatoms. The number of para-hydroxylation sites is 1. The van der Waals surface area contributed by atoms with Crippen LogP contribution in [0.1, 0.15) is 27.8 Å². The summed E-state index contributed by atoms with van der Waals surface area (Å²) in [5.74, 6) is 1.75. The van der Waals surface area contributed by atoms with E-state index in [1.165, 1.54) is 6.20 Å². The van der Waals surface area contributed by atoms with Crippen LogP contribution < -0.4 is 10.1 Å². The minimum absolute atomic E-state index is 0.261. The second-order valence-corrected chi connectivity index (χ2v) is 6.40. The SMILES string of the molecule is COc1ccccc1C(NC(=O)c1ccc(-n2cccn2)nc1)c1nccn1C. The van der Waals surface area contributed by atoms with Crippen LogP contribution in [0.2, 0.25) is 0 Å². The summed E-state index contributed by atoms with van der Waals surface area (Å²) in [7, 11) is 3.49. The van der Waals surface area contributed by atoms with E-state index in [1.54, 1.807) is 42.5 Å². The molecule has 1 atom stereocenters. The van der Waals surface area contributed by atoms with Gasteiger partial charge in [0.25, 0.3) is 5.91 Å². The van der Waals surface area contributed by atoms with Crippen LogP contribution in [-0.2, 0) is 7.05 Å². The van der Waals surface area contributed by atoms with E-state index in [0.717, 1.165) is 5.56 Å². The van der Waals surface area contributed by atoms with Gasteiger partial charge in [-0.2, -0.15) is 5.10 Å². The van der Waals surface area contributed by atoms with Gasteiger partial charge in [-0.1, -0.05) is 18.2 Å². The molecule has 0 fully saturated rings. The Morgan fingerprint density at radius 2 is 1.93 bits per heavy atom. The molecule has 0 saturated carbocycles. The van der Waals surface area contributed by atoms with Crippen molar-refractivity contribution >= 4 is 5.91 Å². The summed E-state index contributed by atoms with van der Waals surface area (Å²) in [6, 6.07) is 12.4. The van der Waals surface area contributed by atoms with E-state index < -0.39 is 6.04 Å². The van der Waals surface area contributed by atoms with Gasteiger partial charge < -0.3 is 14.6 Å². The van der Waals surface area contributed by atoms with Gasteiger partial charge in [0.05, 0.1) is 12.7 Å². The topological polar surface area (TPSA) is 86.9 Å². The molecule has 0 aliphatic heterocycles. The number of carbonyl (C=O) groups excluding carboxylic acids is 1. The molecule has 1 amide bonds. The van der Waals surface area contributed by atoms with Gasteiger partial charge in [-0.05, 0) is 24.3 Å². The number of nitrogens with one attached hydrogen (secondary N) is 1. The molecule has 0 spiro atoms. The highest BCUT2D eigenvalue weighted by molar-refractivity contribution is 5.94. The maximum atomic E-state index is 13.0. The Labute approximate surface area is 167 Å². The summed E-state index contributed by atoms with van der Waals surface area (Å²) < 4.78 is 9.00. The van der Waals surface area contributed by atoms with Gasteiger partial charge in [-0.25, -0.2) is 14.6 Å². The molecule has 1 N–H and O–H groups in total. The van der Waals surface area contributed by atoms with E-state index in [0.29, 0.717) is 23.0 Å². The maximum absolute atomic E-state index is 13.0. The molecule has 0 radical (unpaired) electrons. The molecule has 4 aromatic rings. The number of pyridine rings is 1. The summed E-state index contributed by atoms with van der Waals surface area (Å²) in [6.45, 7) is 0. The molecular weight excluding hydrogens is 368 g/mol. The van der Waals surface area contributed by atoms with Crippen LogP contribution in [0, 0.1) is 0 Å². The van der Waals surface area contributed by atoms with E-state index in [9.17, 15) is 4.79 Å². The molecule has 0 aliphatic rings. The zero-order valence-corrected chi connectivity index (χ0v) is 16.1. The van der Waals surface area contributed by atoms with Gasteiger partial charge in [-0.3, -0.25) is 4.79 Å². The minimum Gasteiger partial charge on any atom is -0.496 e. The van der Waals surface area contributed by atoms with Crippen molar-refractivity contribution in [1.29, 1.82) is 0 Å². The summed E-state index contributed by atoms with van der Waals surface area (Å²) in [6.07, 6.45) is 8.53. The molecule has 0 bridgehead atoms. The lowest BCUT2D eigenvalue weighted by molar-refractivity contribution is 0.0940. The van der Waals surface area contributed by atoms with Gasteiger partial charge in [0.1, 0.15) is 17.6 Å².